The molecule has 0 radical (unpaired) electrons. The quantitative estimate of drug-likeness (QED) is 0.745. The Hall–Kier alpha value is -3.29. The number of nitrogens with zero attached hydrogens (tertiary/aromatic N) is 2. The third-order valence-corrected chi connectivity index (χ3v) is 5.84. The van der Waals surface area contributed by atoms with E-state index in [1.807, 2.05) is 22.5 Å². The maximum Gasteiger partial charge on any atom is 0.317 e. The first-order valence-corrected chi connectivity index (χ1v) is 10.8. The van der Waals surface area contributed by atoms with E-state index < -0.39 is 0 Å². The Morgan fingerprint density at radius 3 is 2.68 bits per heavy atom. The molecule has 1 aromatic heterocycles. The van der Waals surface area contributed by atoms with Gasteiger partial charge in [-0.25, -0.2) is 4.79 Å². The number of rotatable bonds is 6. The first-order chi connectivity index (χ1) is 15.0. The van der Waals surface area contributed by atoms with E-state index in [-0.39, 0.29) is 42.3 Å². The van der Waals surface area contributed by atoms with Crippen molar-refractivity contribution in [3.8, 4) is 5.75 Å². The number of carbonyl (C=O) groups is 2. The number of hydrogen-bond donors (Lipinski definition) is 2. The molecule has 8 heteroatoms. The van der Waals surface area contributed by atoms with Gasteiger partial charge in [0, 0.05) is 56.0 Å². The van der Waals surface area contributed by atoms with Crippen LogP contribution in [0.25, 0.3) is 0 Å². The highest BCUT2D eigenvalue weighted by Crippen LogP contribution is 2.34. The first kappa shape index (κ1) is 21.0. The summed E-state index contributed by atoms with van der Waals surface area (Å²) < 4.78 is 7.23. The Bertz CT molecular complexity index is 1000. The van der Waals surface area contributed by atoms with E-state index in [0.29, 0.717) is 31.9 Å². The molecule has 1 aromatic carbocycles. The summed E-state index contributed by atoms with van der Waals surface area (Å²) in [5.41, 5.74) is 1.73. The van der Waals surface area contributed by atoms with Gasteiger partial charge in [-0.05, 0) is 49.6 Å². The van der Waals surface area contributed by atoms with Crippen molar-refractivity contribution in [2.45, 2.75) is 32.2 Å². The molecule has 1 fully saturated rings. The van der Waals surface area contributed by atoms with Crippen LogP contribution in [-0.4, -0.2) is 47.6 Å². The average molecular weight is 425 g/mol. The number of likely N-dealkylation sites (tertiary alicyclic amines) is 1. The van der Waals surface area contributed by atoms with Crippen LogP contribution in [0.15, 0.2) is 47.3 Å². The molecule has 1 saturated heterocycles. The zero-order valence-corrected chi connectivity index (χ0v) is 17.7. The number of benzene rings is 1. The van der Waals surface area contributed by atoms with Crippen LogP contribution < -0.4 is 20.9 Å². The number of urea groups is 1. The Kier molecular flexibility index (Phi) is 6.25. The van der Waals surface area contributed by atoms with Crippen LogP contribution in [0.4, 0.5) is 10.5 Å². The Morgan fingerprint density at radius 2 is 1.90 bits per heavy atom. The second-order valence-corrected chi connectivity index (χ2v) is 8.09. The molecule has 2 atom stereocenters. The van der Waals surface area contributed by atoms with Gasteiger partial charge in [0.2, 0.25) is 5.91 Å². The van der Waals surface area contributed by atoms with Crippen molar-refractivity contribution < 1.29 is 14.3 Å². The largest absolute Gasteiger partial charge is 0.494 e. The lowest BCUT2D eigenvalue weighted by Crippen LogP contribution is -2.52. The van der Waals surface area contributed by atoms with Crippen molar-refractivity contribution in [3.05, 3.63) is 58.5 Å². The number of pyridine rings is 1. The van der Waals surface area contributed by atoms with Crippen LogP contribution in [0.5, 0.6) is 5.75 Å². The maximum absolute atomic E-state index is 12.6. The molecule has 2 aliphatic heterocycles. The lowest BCUT2D eigenvalue weighted by atomic mass is 9.83. The number of nitrogens with one attached hydrogen (secondary N) is 2. The van der Waals surface area contributed by atoms with E-state index in [2.05, 4.69) is 10.6 Å². The van der Waals surface area contributed by atoms with Gasteiger partial charge < -0.3 is 24.8 Å². The van der Waals surface area contributed by atoms with Crippen LogP contribution in [0.2, 0.25) is 0 Å². The molecule has 8 nitrogen and oxygen atoms in total. The summed E-state index contributed by atoms with van der Waals surface area (Å²) in [6, 6.07) is 12.4. The molecule has 3 amide bonds. The SMILES string of the molecule is CCOc1ccc(NC(=O)CCNC(=O)N2C[C@@H]3C[C@@H](C2)c2cccc(=O)n2C3)cc1. The summed E-state index contributed by atoms with van der Waals surface area (Å²) in [7, 11) is 0. The van der Waals surface area contributed by atoms with Crippen LogP contribution in [0.3, 0.4) is 0 Å². The first-order valence-electron chi connectivity index (χ1n) is 10.8. The second-order valence-electron chi connectivity index (χ2n) is 8.09. The number of ether oxygens (including phenoxy) is 1. The third-order valence-electron chi connectivity index (χ3n) is 5.84. The summed E-state index contributed by atoms with van der Waals surface area (Å²) >= 11 is 0. The summed E-state index contributed by atoms with van der Waals surface area (Å²) in [4.78, 5) is 38.7. The Morgan fingerprint density at radius 1 is 1.10 bits per heavy atom. The molecule has 2 N–H and O–H groups in total. The molecule has 2 aliphatic rings. The van der Waals surface area contributed by atoms with Crippen molar-refractivity contribution in [3.63, 3.8) is 0 Å². The van der Waals surface area contributed by atoms with Gasteiger partial charge in [0.05, 0.1) is 6.61 Å². The van der Waals surface area contributed by atoms with Crippen molar-refractivity contribution >= 4 is 17.6 Å². The van der Waals surface area contributed by atoms with E-state index in [4.69, 9.17) is 4.74 Å². The van der Waals surface area contributed by atoms with Gasteiger partial charge in [0.25, 0.3) is 5.56 Å². The highest BCUT2D eigenvalue weighted by atomic mass is 16.5. The van der Waals surface area contributed by atoms with Gasteiger partial charge in [-0.15, -0.1) is 0 Å². The number of anilines is 1. The fourth-order valence-electron chi connectivity index (χ4n) is 4.48. The minimum absolute atomic E-state index is 0.0312. The standard InChI is InChI=1S/C23H28N4O4/c1-2-31-19-8-6-18(7-9-19)25-21(28)10-11-24-23(30)26-13-16-12-17(15-26)20-4-3-5-22(29)27(20)14-16/h3-9,16-17H,2,10-15H2,1H3,(H,24,30)(H,25,28)/t16-,17-/m0/s1. The summed E-state index contributed by atoms with van der Waals surface area (Å²) in [6.45, 7) is 4.64. The molecule has 0 spiro atoms. The lowest BCUT2D eigenvalue weighted by Gasteiger charge is -2.42. The average Bonchev–Trinajstić information content (AvgIpc) is 2.76. The lowest BCUT2D eigenvalue weighted by molar-refractivity contribution is -0.116. The molecule has 2 bridgehead atoms. The number of amides is 3. The van der Waals surface area contributed by atoms with E-state index in [0.717, 1.165) is 17.9 Å². The monoisotopic (exact) mass is 424 g/mol. The van der Waals surface area contributed by atoms with E-state index in [9.17, 15) is 14.4 Å². The number of carbonyl (C=O) groups excluding carboxylic acids is 2. The number of piperidine rings is 1. The van der Waals surface area contributed by atoms with Crippen LogP contribution in [-0.2, 0) is 11.3 Å². The van der Waals surface area contributed by atoms with Crippen molar-refractivity contribution in [1.82, 2.24) is 14.8 Å². The van der Waals surface area contributed by atoms with Crippen molar-refractivity contribution in [2.24, 2.45) is 5.92 Å². The molecular formula is C23H28N4O4. The fraction of sp³-hybridized carbons (Fsp3) is 0.435. The smallest absolute Gasteiger partial charge is 0.317 e. The van der Waals surface area contributed by atoms with Gasteiger partial charge in [-0.1, -0.05) is 6.07 Å². The molecule has 2 aromatic rings. The number of fused-ring (bicyclic) bond motifs is 4. The van der Waals surface area contributed by atoms with Gasteiger partial charge in [-0.2, -0.15) is 0 Å². The Labute approximate surface area is 181 Å². The van der Waals surface area contributed by atoms with Gasteiger partial charge >= 0.3 is 6.03 Å². The third kappa shape index (κ3) is 4.90. The topological polar surface area (TPSA) is 92.7 Å². The van der Waals surface area contributed by atoms with Gasteiger partial charge in [0.1, 0.15) is 5.75 Å². The predicted molar refractivity (Wildman–Crippen MR) is 117 cm³/mol. The molecule has 31 heavy (non-hydrogen) atoms. The van der Waals surface area contributed by atoms with Crippen LogP contribution in [0, 0.1) is 5.92 Å². The zero-order chi connectivity index (χ0) is 21.8. The highest BCUT2D eigenvalue weighted by Gasteiger charge is 2.36. The highest BCUT2D eigenvalue weighted by molar-refractivity contribution is 5.91. The minimum Gasteiger partial charge on any atom is -0.494 e. The zero-order valence-electron chi connectivity index (χ0n) is 17.7. The Balaban J connectivity index is 1.25. The molecule has 3 heterocycles. The van der Waals surface area contributed by atoms with Gasteiger partial charge in [-0.3, -0.25) is 9.59 Å². The summed E-state index contributed by atoms with van der Waals surface area (Å²) in [6.07, 6.45) is 1.19. The van der Waals surface area contributed by atoms with Gasteiger partial charge in [0.15, 0.2) is 0 Å². The number of hydrogen-bond acceptors (Lipinski definition) is 4. The maximum atomic E-state index is 12.6. The number of aromatic nitrogens is 1. The molecular weight excluding hydrogens is 396 g/mol. The van der Waals surface area contributed by atoms with Crippen LogP contribution in [0.1, 0.15) is 31.4 Å². The molecule has 0 unspecified atom stereocenters. The minimum atomic E-state index is -0.159. The van der Waals surface area contributed by atoms with Crippen molar-refractivity contribution in [1.29, 1.82) is 0 Å². The molecule has 0 aliphatic carbocycles. The fourth-order valence-corrected chi connectivity index (χ4v) is 4.48. The van der Waals surface area contributed by atoms with E-state index in [1.54, 1.807) is 36.4 Å². The summed E-state index contributed by atoms with van der Waals surface area (Å²) in [5, 5.41) is 5.68. The van der Waals surface area contributed by atoms with Crippen molar-refractivity contribution in [2.75, 3.05) is 31.6 Å². The summed E-state index contributed by atoms with van der Waals surface area (Å²) in [5.74, 6) is 1.05. The molecule has 164 valence electrons. The van der Waals surface area contributed by atoms with E-state index >= 15 is 0 Å². The van der Waals surface area contributed by atoms with E-state index in [1.165, 1.54) is 0 Å². The molecule has 4 rings (SSSR count). The predicted octanol–water partition coefficient (Wildman–Crippen LogP) is 2.40. The van der Waals surface area contributed by atoms with Crippen LogP contribution >= 0.6 is 0 Å². The second kappa shape index (κ2) is 9.24. The normalized spacial score (nSPS) is 19.3. The molecule has 0 saturated carbocycles.